The Morgan fingerprint density at radius 1 is 1.03 bits per heavy atom. The van der Waals surface area contributed by atoms with Gasteiger partial charge in [-0.15, -0.1) is 0 Å². The lowest BCUT2D eigenvalue weighted by atomic mass is 10.1. The first-order valence-corrected chi connectivity index (χ1v) is 11.2. The minimum Gasteiger partial charge on any atom is -0.481 e. The van der Waals surface area contributed by atoms with Crippen LogP contribution in [0.2, 0.25) is 0 Å². The van der Waals surface area contributed by atoms with Gasteiger partial charge >= 0.3 is 5.97 Å². The largest absolute Gasteiger partial charge is 0.481 e. The van der Waals surface area contributed by atoms with E-state index in [1.807, 2.05) is 6.07 Å². The van der Waals surface area contributed by atoms with E-state index >= 15 is 0 Å². The number of nitrogens with zero attached hydrogens (tertiary/aromatic N) is 4. The molecule has 36 heavy (non-hydrogen) atoms. The molecule has 0 saturated heterocycles. The molecule has 1 aromatic heterocycles. The lowest BCUT2D eigenvalue weighted by molar-refractivity contribution is -0.137. The van der Waals surface area contributed by atoms with E-state index in [0.717, 1.165) is 0 Å². The van der Waals surface area contributed by atoms with Crippen LogP contribution in [0.15, 0.2) is 53.3 Å². The first-order valence-electron chi connectivity index (χ1n) is 11.2. The molecule has 186 valence electrons. The Morgan fingerprint density at radius 2 is 1.72 bits per heavy atom. The van der Waals surface area contributed by atoms with Gasteiger partial charge in [0.1, 0.15) is 12.1 Å². The Kier molecular flexibility index (Phi) is 6.47. The van der Waals surface area contributed by atoms with Gasteiger partial charge in [0.25, 0.3) is 17.4 Å². The third-order valence-corrected chi connectivity index (χ3v) is 6.21. The molecule has 0 atom stereocenters. The van der Waals surface area contributed by atoms with Gasteiger partial charge in [-0.3, -0.25) is 28.7 Å². The standard InChI is InChI=1S/C25H25N5O6/c1-15-22(25(36)30(28(15)3)17-7-5-4-6-8-17)23(34)26-16-9-10-19-18(13-16)24(35)29(12-11-21(32)33)14-20(31)27(19)2/h4-10,13H,11-12,14H2,1-3H3,(H,26,34)(H,32,33). The molecule has 0 unspecified atom stereocenters. The lowest BCUT2D eigenvalue weighted by Gasteiger charge is -2.19. The third kappa shape index (κ3) is 4.38. The van der Waals surface area contributed by atoms with Gasteiger partial charge in [-0.1, -0.05) is 18.2 Å². The molecule has 1 aliphatic heterocycles. The molecule has 1 aliphatic rings. The number of rotatable bonds is 6. The summed E-state index contributed by atoms with van der Waals surface area (Å²) in [6, 6.07) is 13.4. The zero-order valence-corrected chi connectivity index (χ0v) is 20.0. The van der Waals surface area contributed by atoms with Crippen molar-refractivity contribution >= 4 is 35.1 Å². The Labute approximate surface area is 206 Å². The lowest BCUT2D eigenvalue weighted by Crippen LogP contribution is -2.38. The van der Waals surface area contributed by atoms with Gasteiger partial charge < -0.3 is 20.2 Å². The molecule has 2 heterocycles. The predicted octanol–water partition coefficient (Wildman–Crippen LogP) is 1.63. The maximum atomic E-state index is 13.2. The van der Waals surface area contributed by atoms with E-state index < -0.39 is 23.3 Å². The van der Waals surface area contributed by atoms with E-state index in [-0.39, 0.29) is 42.2 Å². The summed E-state index contributed by atoms with van der Waals surface area (Å²) in [6.07, 6.45) is -0.310. The Bertz CT molecular complexity index is 1440. The summed E-state index contributed by atoms with van der Waals surface area (Å²) in [4.78, 5) is 65.5. The summed E-state index contributed by atoms with van der Waals surface area (Å²) in [5.74, 6) is -2.63. The van der Waals surface area contributed by atoms with Crippen molar-refractivity contribution in [2.24, 2.45) is 7.05 Å². The highest BCUT2D eigenvalue weighted by atomic mass is 16.4. The summed E-state index contributed by atoms with van der Waals surface area (Å²) >= 11 is 0. The first kappa shape index (κ1) is 24.5. The van der Waals surface area contributed by atoms with Crippen molar-refractivity contribution in [2.45, 2.75) is 13.3 Å². The number of hydrogen-bond acceptors (Lipinski definition) is 5. The number of fused-ring (bicyclic) bond motifs is 1. The van der Waals surface area contributed by atoms with Crippen molar-refractivity contribution in [1.82, 2.24) is 14.3 Å². The maximum Gasteiger partial charge on any atom is 0.305 e. The maximum absolute atomic E-state index is 13.2. The minimum atomic E-state index is -1.09. The molecule has 0 fully saturated rings. The molecule has 0 radical (unpaired) electrons. The number of aromatic nitrogens is 2. The summed E-state index contributed by atoms with van der Waals surface area (Å²) in [5, 5.41) is 11.7. The van der Waals surface area contributed by atoms with Gasteiger partial charge in [-0.2, -0.15) is 0 Å². The fourth-order valence-electron chi connectivity index (χ4n) is 4.16. The smallest absolute Gasteiger partial charge is 0.305 e. The number of carbonyl (C=O) groups is 4. The highest BCUT2D eigenvalue weighted by molar-refractivity contribution is 6.11. The second-order valence-corrected chi connectivity index (χ2v) is 8.45. The van der Waals surface area contributed by atoms with Gasteiger partial charge in [0.15, 0.2) is 0 Å². The summed E-state index contributed by atoms with van der Waals surface area (Å²) in [7, 11) is 3.20. The van der Waals surface area contributed by atoms with Crippen LogP contribution in [0.4, 0.5) is 11.4 Å². The van der Waals surface area contributed by atoms with Crippen LogP contribution in [0.1, 0.15) is 32.8 Å². The molecule has 4 rings (SSSR count). The molecular formula is C25H25N5O6. The van der Waals surface area contributed by atoms with E-state index in [0.29, 0.717) is 17.1 Å². The Balaban J connectivity index is 1.67. The molecule has 2 N–H and O–H groups in total. The number of para-hydroxylation sites is 1. The molecule has 0 saturated carbocycles. The van der Waals surface area contributed by atoms with Crippen LogP contribution in [0, 0.1) is 6.92 Å². The van der Waals surface area contributed by atoms with E-state index in [1.54, 1.807) is 42.9 Å². The Hall–Kier alpha value is -4.67. The van der Waals surface area contributed by atoms with E-state index in [4.69, 9.17) is 5.11 Å². The first-order chi connectivity index (χ1) is 17.1. The Morgan fingerprint density at radius 3 is 2.39 bits per heavy atom. The fraction of sp³-hybridized carbons (Fsp3) is 0.240. The fourth-order valence-corrected chi connectivity index (χ4v) is 4.16. The van der Waals surface area contributed by atoms with Crippen LogP contribution in [-0.4, -0.2) is 63.2 Å². The van der Waals surface area contributed by atoms with Gasteiger partial charge in [0.2, 0.25) is 5.91 Å². The zero-order chi connectivity index (χ0) is 26.1. The van der Waals surface area contributed by atoms with Crippen molar-refractivity contribution in [3.63, 3.8) is 0 Å². The molecule has 11 nitrogen and oxygen atoms in total. The van der Waals surface area contributed by atoms with Gasteiger partial charge in [-0.05, 0) is 37.3 Å². The number of carbonyl (C=O) groups excluding carboxylic acids is 3. The van der Waals surface area contributed by atoms with E-state index in [1.165, 1.54) is 39.7 Å². The second kappa shape index (κ2) is 9.53. The molecule has 0 bridgehead atoms. The summed E-state index contributed by atoms with van der Waals surface area (Å²) in [6.45, 7) is 1.27. The number of amides is 3. The number of anilines is 2. The number of hydrogen-bond donors (Lipinski definition) is 2. The average molecular weight is 492 g/mol. The van der Waals surface area contributed by atoms with Gasteiger partial charge in [0.05, 0.1) is 29.1 Å². The van der Waals surface area contributed by atoms with Crippen LogP contribution in [-0.2, 0) is 16.6 Å². The molecule has 2 aromatic carbocycles. The number of carboxylic acids is 1. The molecule has 11 heteroatoms. The zero-order valence-electron chi connectivity index (χ0n) is 20.0. The number of likely N-dealkylation sites (N-methyl/N-ethyl adjacent to an activating group) is 1. The van der Waals surface area contributed by atoms with Crippen molar-refractivity contribution in [3.8, 4) is 5.69 Å². The summed E-state index contributed by atoms with van der Waals surface area (Å²) in [5.41, 5.74) is 1.25. The molecule has 3 amide bonds. The molecular weight excluding hydrogens is 466 g/mol. The van der Waals surface area contributed by atoms with E-state index in [9.17, 15) is 24.0 Å². The quantitative estimate of drug-likeness (QED) is 0.538. The molecule has 0 spiro atoms. The highest BCUT2D eigenvalue weighted by Crippen LogP contribution is 2.28. The number of nitrogens with one attached hydrogen (secondary N) is 1. The third-order valence-electron chi connectivity index (χ3n) is 6.21. The average Bonchev–Trinajstić information content (AvgIpc) is 3.03. The van der Waals surface area contributed by atoms with Crippen LogP contribution < -0.4 is 15.8 Å². The number of aliphatic carboxylic acids is 1. The predicted molar refractivity (Wildman–Crippen MR) is 132 cm³/mol. The summed E-state index contributed by atoms with van der Waals surface area (Å²) < 4.78 is 2.99. The van der Waals surface area contributed by atoms with Crippen molar-refractivity contribution in [2.75, 3.05) is 30.4 Å². The van der Waals surface area contributed by atoms with Crippen LogP contribution in [0.3, 0.4) is 0 Å². The van der Waals surface area contributed by atoms with Crippen molar-refractivity contribution in [1.29, 1.82) is 0 Å². The van der Waals surface area contributed by atoms with Crippen LogP contribution in [0.5, 0.6) is 0 Å². The van der Waals surface area contributed by atoms with Gasteiger partial charge in [-0.25, -0.2) is 4.68 Å². The number of benzene rings is 2. The van der Waals surface area contributed by atoms with Gasteiger partial charge in [0, 0.05) is 26.3 Å². The van der Waals surface area contributed by atoms with Crippen molar-refractivity contribution in [3.05, 3.63) is 75.7 Å². The monoisotopic (exact) mass is 491 g/mol. The number of carboxylic acid groups (broad SMARTS) is 1. The second-order valence-electron chi connectivity index (χ2n) is 8.45. The highest BCUT2D eigenvalue weighted by Gasteiger charge is 2.30. The van der Waals surface area contributed by atoms with Crippen molar-refractivity contribution < 1.29 is 24.3 Å². The molecule has 3 aromatic rings. The normalized spacial score (nSPS) is 13.4. The molecule has 0 aliphatic carbocycles. The van der Waals surface area contributed by atoms with Crippen LogP contribution in [0.25, 0.3) is 5.69 Å². The minimum absolute atomic E-state index is 0.0435. The SMILES string of the molecule is Cc1c(C(=O)Nc2ccc3c(c2)C(=O)N(CCC(=O)O)CC(=O)N3C)c(=O)n(-c2ccccc2)n1C. The topological polar surface area (TPSA) is 134 Å². The van der Waals surface area contributed by atoms with Crippen LogP contribution >= 0.6 is 0 Å². The van der Waals surface area contributed by atoms with E-state index in [2.05, 4.69) is 5.32 Å².